The number of H-pyrrole nitrogens is 1. The van der Waals surface area contributed by atoms with Crippen molar-refractivity contribution in [3.63, 3.8) is 0 Å². The Kier molecular flexibility index (Phi) is 5.86. The first kappa shape index (κ1) is 17.4. The number of hydrogen-bond donors (Lipinski definition) is 3. The van der Waals surface area contributed by atoms with Gasteiger partial charge in [0.2, 0.25) is 0 Å². The first-order valence-electron chi connectivity index (χ1n) is 7.44. The molecule has 0 radical (unpaired) electrons. The first-order chi connectivity index (χ1) is 11.5. The molecule has 3 N–H and O–H groups in total. The SMILES string of the molecule is CN(Cc1ccccc1)C(=O)c1cc(C(=O)NCCO)c[nH]c1=O. The van der Waals surface area contributed by atoms with Crippen LogP contribution in [0.2, 0.25) is 0 Å². The quantitative estimate of drug-likeness (QED) is 0.712. The van der Waals surface area contributed by atoms with Gasteiger partial charge in [0.1, 0.15) is 5.56 Å². The molecule has 0 saturated carbocycles. The van der Waals surface area contributed by atoms with Crippen molar-refractivity contribution in [3.8, 4) is 0 Å². The highest BCUT2D eigenvalue weighted by Crippen LogP contribution is 2.07. The number of pyridine rings is 1. The Morgan fingerprint density at radius 3 is 2.62 bits per heavy atom. The van der Waals surface area contributed by atoms with Crippen LogP contribution >= 0.6 is 0 Å². The van der Waals surface area contributed by atoms with Crippen molar-refractivity contribution < 1.29 is 14.7 Å². The summed E-state index contributed by atoms with van der Waals surface area (Å²) in [4.78, 5) is 40.1. The number of aliphatic hydroxyl groups is 1. The molecule has 126 valence electrons. The minimum absolute atomic E-state index is 0.0924. The lowest BCUT2D eigenvalue weighted by molar-refractivity contribution is 0.0783. The van der Waals surface area contributed by atoms with Crippen molar-refractivity contribution in [1.82, 2.24) is 15.2 Å². The molecular weight excluding hydrogens is 310 g/mol. The zero-order chi connectivity index (χ0) is 17.5. The average molecular weight is 329 g/mol. The number of amides is 2. The molecule has 0 atom stereocenters. The lowest BCUT2D eigenvalue weighted by Gasteiger charge is -2.17. The Hall–Kier alpha value is -2.93. The number of benzene rings is 1. The summed E-state index contributed by atoms with van der Waals surface area (Å²) in [5.74, 6) is -0.947. The van der Waals surface area contributed by atoms with E-state index in [0.717, 1.165) is 5.56 Å². The molecule has 0 aliphatic rings. The molecule has 24 heavy (non-hydrogen) atoms. The Balaban J connectivity index is 2.19. The van der Waals surface area contributed by atoms with Gasteiger partial charge < -0.3 is 20.3 Å². The van der Waals surface area contributed by atoms with Gasteiger partial charge in [-0.25, -0.2) is 0 Å². The van der Waals surface area contributed by atoms with Crippen LogP contribution in [-0.2, 0) is 6.54 Å². The number of rotatable bonds is 6. The van der Waals surface area contributed by atoms with E-state index in [1.54, 1.807) is 7.05 Å². The molecular formula is C17H19N3O4. The van der Waals surface area contributed by atoms with Crippen LogP contribution in [0.15, 0.2) is 47.4 Å². The maximum Gasteiger partial charge on any atom is 0.260 e. The van der Waals surface area contributed by atoms with Crippen LogP contribution in [0.25, 0.3) is 0 Å². The van der Waals surface area contributed by atoms with E-state index in [9.17, 15) is 14.4 Å². The van der Waals surface area contributed by atoms with E-state index in [4.69, 9.17) is 5.11 Å². The van der Waals surface area contributed by atoms with Gasteiger partial charge >= 0.3 is 0 Å². The largest absolute Gasteiger partial charge is 0.395 e. The van der Waals surface area contributed by atoms with E-state index in [0.29, 0.717) is 6.54 Å². The van der Waals surface area contributed by atoms with E-state index in [1.807, 2.05) is 30.3 Å². The molecule has 2 rings (SSSR count). The third-order valence-electron chi connectivity index (χ3n) is 3.40. The normalized spacial score (nSPS) is 10.2. The number of nitrogens with one attached hydrogen (secondary N) is 2. The fraction of sp³-hybridized carbons (Fsp3) is 0.235. The van der Waals surface area contributed by atoms with Gasteiger partial charge in [0.15, 0.2) is 0 Å². The van der Waals surface area contributed by atoms with Gasteiger partial charge in [0.05, 0.1) is 12.2 Å². The van der Waals surface area contributed by atoms with Crippen molar-refractivity contribution in [2.24, 2.45) is 0 Å². The summed E-state index contributed by atoms with van der Waals surface area (Å²) in [6.45, 7) is 0.246. The minimum Gasteiger partial charge on any atom is -0.395 e. The third-order valence-corrected chi connectivity index (χ3v) is 3.40. The van der Waals surface area contributed by atoms with Crippen LogP contribution < -0.4 is 10.9 Å². The molecule has 2 amide bonds. The number of carbonyl (C=O) groups excluding carboxylic acids is 2. The zero-order valence-corrected chi connectivity index (χ0v) is 13.3. The second kappa shape index (κ2) is 8.07. The number of aliphatic hydroxyl groups excluding tert-OH is 1. The summed E-state index contributed by atoms with van der Waals surface area (Å²) < 4.78 is 0. The third kappa shape index (κ3) is 4.30. The smallest absolute Gasteiger partial charge is 0.260 e. The van der Waals surface area contributed by atoms with Crippen LogP contribution in [0.3, 0.4) is 0 Å². The maximum absolute atomic E-state index is 12.5. The highest BCUT2D eigenvalue weighted by molar-refractivity contribution is 5.99. The standard InChI is InChI=1S/C17H19N3O4/c1-20(11-12-5-3-2-4-6-12)17(24)14-9-13(10-19-16(14)23)15(22)18-7-8-21/h2-6,9-10,21H,7-8,11H2,1H3,(H,18,22)(H,19,23). The van der Waals surface area contributed by atoms with Gasteiger partial charge in [-0.1, -0.05) is 30.3 Å². The zero-order valence-electron chi connectivity index (χ0n) is 13.3. The van der Waals surface area contributed by atoms with Crippen molar-refractivity contribution in [2.45, 2.75) is 6.54 Å². The van der Waals surface area contributed by atoms with Crippen LogP contribution in [0.4, 0.5) is 0 Å². The number of hydrogen-bond acceptors (Lipinski definition) is 4. The average Bonchev–Trinajstić information content (AvgIpc) is 2.60. The first-order valence-corrected chi connectivity index (χ1v) is 7.44. The second-order valence-electron chi connectivity index (χ2n) is 5.26. The van der Waals surface area contributed by atoms with E-state index < -0.39 is 17.4 Å². The summed E-state index contributed by atoms with van der Waals surface area (Å²) in [5, 5.41) is 11.2. The number of aromatic amines is 1. The Labute approximate surface area is 138 Å². The second-order valence-corrected chi connectivity index (χ2v) is 5.26. The molecule has 0 saturated heterocycles. The van der Waals surface area contributed by atoms with Gasteiger partial charge in [0.25, 0.3) is 17.4 Å². The Morgan fingerprint density at radius 2 is 1.96 bits per heavy atom. The predicted octanol–water partition coefficient (Wildman–Crippen LogP) is 0.369. The van der Waals surface area contributed by atoms with E-state index in [-0.39, 0.29) is 24.3 Å². The predicted molar refractivity (Wildman–Crippen MR) is 88.7 cm³/mol. The molecule has 7 nitrogen and oxygen atoms in total. The van der Waals surface area contributed by atoms with Crippen LogP contribution in [0, 0.1) is 0 Å². The van der Waals surface area contributed by atoms with Crippen molar-refractivity contribution >= 4 is 11.8 Å². The molecule has 0 unspecified atom stereocenters. The molecule has 1 aromatic heterocycles. The van der Waals surface area contributed by atoms with Gasteiger partial charge in [-0.2, -0.15) is 0 Å². The van der Waals surface area contributed by atoms with Crippen molar-refractivity contribution in [2.75, 3.05) is 20.2 Å². The highest BCUT2D eigenvalue weighted by Gasteiger charge is 2.18. The van der Waals surface area contributed by atoms with Crippen LogP contribution in [0.5, 0.6) is 0 Å². The van der Waals surface area contributed by atoms with Crippen LogP contribution in [-0.4, -0.2) is 47.0 Å². The summed E-state index contributed by atoms with van der Waals surface area (Å²) in [5.41, 5.74) is 0.421. The highest BCUT2D eigenvalue weighted by atomic mass is 16.3. The van der Waals surface area contributed by atoms with E-state index in [2.05, 4.69) is 10.3 Å². The monoisotopic (exact) mass is 329 g/mol. The molecule has 0 spiro atoms. The van der Waals surface area contributed by atoms with Crippen LogP contribution in [0.1, 0.15) is 26.3 Å². The van der Waals surface area contributed by atoms with E-state index in [1.165, 1.54) is 17.2 Å². The molecule has 0 fully saturated rings. The molecule has 1 heterocycles. The van der Waals surface area contributed by atoms with Gasteiger partial charge in [-0.05, 0) is 11.6 Å². The van der Waals surface area contributed by atoms with Gasteiger partial charge in [0, 0.05) is 26.3 Å². The number of nitrogens with zero attached hydrogens (tertiary/aromatic N) is 1. The Bertz CT molecular complexity index is 771. The van der Waals surface area contributed by atoms with Crippen molar-refractivity contribution in [1.29, 1.82) is 0 Å². The lowest BCUT2D eigenvalue weighted by atomic mass is 10.1. The summed E-state index contributed by atoms with van der Waals surface area (Å²) in [6, 6.07) is 10.6. The molecule has 1 aromatic carbocycles. The molecule has 0 aliphatic carbocycles. The van der Waals surface area contributed by atoms with Gasteiger partial charge in [-0.15, -0.1) is 0 Å². The number of aromatic nitrogens is 1. The molecule has 7 heteroatoms. The topological polar surface area (TPSA) is 102 Å². The summed E-state index contributed by atoms with van der Waals surface area (Å²) >= 11 is 0. The summed E-state index contributed by atoms with van der Waals surface area (Å²) in [7, 11) is 1.59. The maximum atomic E-state index is 12.5. The fourth-order valence-corrected chi connectivity index (χ4v) is 2.18. The fourth-order valence-electron chi connectivity index (χ4n) is 2.18. The number of carbonyl (C=O) groups is 2. The Morgan fingerprint density at radius 1 is 1.25 bits per heavy atom. The van der Waals surface area contributed by atoms with Gasteiger partial charge in [-0.3, -0.25) is 14.4 Å². The minimum atomic E-state index is -0.557. The van der Waals surface area contributed by atoms with Crippen molar-refractivity contribution in [3.05, 3.63) is 69.6 Å². The molecule has 2 aromatic rings. The molecule has 0 bridgehead atoms. The molecule has 0 aliphatic heterocycles. The van der Waals surface area contributed by atoms with E-state index >= 15 is 0 Å². The summed E-state index contributed by atoms with van der Waals surface area (Å²) in [6.07, 6.45) is 1.24. The lowest BCUT2D eigenvalue weighted by Crippen LogP contribution is -2.33.